The Balaban J connectivity index is 1.24. The number of sulfonamides is 1. The first-order chi connectivity index (χ1) is 25.1. The van der Waals surface area contributed by atoms with E-state index < -0.39 is 28.3 Å². The number of aromatic nitrogens is 1. The Labute approximate surface area is 308 Å². The van der Waals surface area contributed by atoms with Crippen LogP contribution >= 0.6 is 11.8 Å². The summed E-state index contributed by atoms with van der Waals surface area (Å²) >= 11 is 1.40. The topological polar surface area (TPSA) is 141 Å². The van der Waals surface area contributed by atoms with E-state index in [0.717, 1.165) is 27.0 Å². The molecule has 1 aromatic heterocycles. The number of benzene rings is 4. The number of carbonyl (C=O) groups is 1. The van der Waals surface area contributed by atoms with E-state index in [0.29, 0.717) is 22.0 Å². The molecule has 1 aliphatic rings. The van der Waals surface area contributed by atoms with Crippen molar-refractivity contribution in [3.05, 3.63) is 161 Å². The number of hydrogen-bond donors (Lipinski definition) is 3. The summed E-state index contributed by atoms with van der Waals surface area (Å²) in [5.41, 5.74) is 4.50. The summed E-state index contributed by atoms with van der Waals surface area (Å²) in [4.78, 5) is 13.9. The number of thioether (sulfide) groups is 1. The molecule has 10 nitrogen and oxygen atoms in total. The zero-order valence-electron chi connectivity index (χ0n) is 28.8. The zero-order chi connectivity index (χ0) is 36.7. The molecule has 52 heavy (non-hydrogen) atoms. The van der Waals surface area contributed by atoms with Gasteiger partial charge in [0.1, 0.15) is 6.04 Å². The molecule has 1 amide bonds. The van der Waals surface area contributed by atoms with E-state index in [4.69, 9.17) is 9.47 Å². The highest BCUT2D eigenvalue weighted by atomic mass is 32.2. The van der Waals surface area contributed by atoms with Gasteiger partial charge in [0.05, 0.1) is 23.7 Å². The molecule has 0 unspecified atom stereocenters. The van der Waals surface area contributed by atoms with Gasteiger partial charge >= 0.3 is 0 Å². The molecule has 5 aromatic rings. The Morgan fingerprint density at radius 1 is 0.885 bits per heavy atom. The molecule has 4 aromatic carbocycles. The molecule has 1 fully saturated rings. The largest absolute Gasteiger partial charge is 0.618 e. The van der Waals surface area contributed by atoms with Crippen LogP contribution in [-0.4, -0.2) is 37.3 Å². The predicted octanol–water partition coefficient (Wildman–Crippen LogP) is 6.23. The van der Waals surface area contributed by atoms with Crippen LogP contribution < -0.4 is 14.8 Å². The number of ether oxygens (including phenoxy) is 2. The SMILES string of the molecule is Cc1ccc(S(=O)(=O)N[C@H](Cc2ccccc2)C(=O)Nc2cccc([C@H]3O[C@@H](CSc4cccc[n+]4[O-])[C@@H](C)[C@@H](c4ccc(CO)cc4)O3)c2)cc1. The molecule has 6 rings (SSSR count). The van der Waals surface area contributed by atoms with Crippen LogP contribution in [-0.2, 0) is 37.3 Å². The molecule has 1 aliphatic heterocycles. The first kappa shape index (κ1) is 37.2. The highest BCUT2D eigenvalue weighted by Gasteiger charge is 2.39. The number of hydrogen-bond acceptors (Lipinski definition) is 8. The number of rotatable bonds is 13. The fraction of sp³-hybridized carbons (Fsp3) is 0.250. The minimum absolute atomic E-state index is 0.0670. The fourth-order valence-electron chi connectivity index (χ4n) is 6.00. The second kappa shape index (κ2) is 16.8. The van der Waals surface area contributed by atoms with Crippen molar-refractivity contribution in [1.82, 2.24) is 4.72 Å². The van der Waals surface area contributed by atoms with E-state index in [1.165, 1.54) is 30.1 Å². The lowest BCUT2D eigenvalue weighted by Crippen LogP contribution is -2.45. The van der Waals surface area contributed by atoms with E-state index in [1.54, 1.807) is 42.5 Å². The summed E-state index contributed by atoms with van der Waals surface area (Å²) in [5.74, 6) is -0.145. The maximum absolute atomic E-state index is 13.9. The third-order valence-corrected chi connectivity index (χ3v) is 11.6. The van der Waals surface area contributed by atoms with Gasteiger partial charge in [-0.25, -0.2) is 8.42 Å². The van der Waals surface area contributed by atoms with Gasteiger partial charge in [-0.2, -0.15) is 9.45 Å². The number of nitrogens with one attached hydrogen (secondary N) is 2. The quantitative estimate of drug-likeness (QED) is 0.0734. The summed E-state index contributed by atoms with van der Waals surface area (Å²) in [7, 11) is -4.02. The summed E-state index contributed by atoms with van der Waals surface area (Å²) in [6, 6.07) is 34.5. The van der Waals surface area contributed by atoms with E-state index in [-0.39, 0.29) is 36.0 Å². The number of anilines is 1. The van der Waals surface area contributed by atoms with Crippen LogP contribution in [0, 0.1) is 18.0 Å². The van der Waals surface area contributed by atoms with Crippen molar-refractivity contribution >= 4 is 33.4 Å². The molecule has 0 radical (unpaired) electrons. The number of pyridine rings is 1. The molecule has 0 saturated carbocycles. The summed E-state index contributed by atoms with van der Waals surface area (Å²) in [6.07, 6.45) is 0.0673. The fourth-order valence-corrected chi connectivity index (χ4v) is 8.28. The molecular weight excluding hydrogens is 699 g/mol. The number of nitrogens with zero attached hydrogens (tertiary/aromatic N) is 1. The monoisotopic (exact) mass is 739 g/mol. The Kier molecular flexibility index (Phi) is 12.1. The first-order valence-electron chi connectivity index (χ1n) is 16.9. The smallest absolute Gasteiger partial charge is 0.251 e. The average molecular weight is 740 g/mol. The summed E-state index contributed by atoms with van der Waals surface area (Å²) in [6.45, 7) is 3.84. The first-order valence-corrected chi connectivity index (χ1v) is 19.4. The Morgan fingerprint density at radius 3 is 2.33 bits per heavy atom. The van der Waals surface area contributed by atoms with E-state index >= 15 is 0 Å². The maximum atomic E-state index is 13.9. The van der Waals surface area contributed by atoms with Gasteiger partial charge in [-0.3, -0.25) is 4.79 Å². The van der Waals surface area contributed by atoms with E-state index in [2.05, 4.69) is 10.0 Å². The standard InChI is InChI=1S/C40H41N3O7S2/c1-27-14-20-34(21-15-27)52(47,48)42-35(23-29-9-4-3-5-10-29)39(45)41-33-12-8-11-32(24-33)40-49-36(26-51-37-13-6-7-22-43(37)46)28(2)38(50-40)31-18-16-30(25-44)17-19-31/h3-22,24,28,35-36,38,40,42,44H,23,25-26H2,1-2H3,(H,41,45)/t28-,35-,36+,38+,40+/m1/s1. The molecule has 12 heteroatoms. The lowest BCUT2D eigenvalue weighted by Gasteiger charge is -2.41. The van der Waals surface area contributed by atoms with Crippen LogP contribution in [0.5, 0.6) is 0 Å². The number of carbonyl (C=O) groups excluding carboxylic acids is 1. The van der Waals surface area contributed by atoms with Gasteiger partial charge in [-0.1, -0.05) is 103 Å². The van der Waals surface area contributed by atoms with Gasteiger partial charge in [-0.05, 0) is 60.4 Å². The molecular formula is C40H41N3O7S2. The number of amides is 1. The van der Waals surface area contributed by atoms with Crippen molar-refractivity contribution in [2.45, 2.75) is 61.3 Å². The number of aliphatic hydroxyl groups is 1. The van der Waals surface area contributed by atoms with Gasteiger partial charge in [0.2, 0.25) is 15.9 Å². The highest BCUT2D eigenvalue weighted by molar-refractivity contribution is 7.99. The van der Waals surface area contributed by atoms with Crippen molar-refractivity contribution in [2.24, 2.45) is 5.92 Å². The molecule has 0 spiro atoms. The summed E-state index contributed by atoms with van der Waals surface area (Å²) < 4.78 is 43.4. The molecule has 1 saturated heterocycles. The Morgan fingerprint density at radius 2 is 1.62 bits per heavy atom. The third kappa shape index (κ3) is 9.26. The van der Waals surface area contributed by atoms with Gasteiger partial charge in [0.15, 0.2) is 12.5 Å². The van der Waals surface area contributed by atoms with Crippen LogP contribution in [0.3, 0.4) is 0 Å². The average Bonchev–Trinajstić information content (AvgIpc) is 3.15. The van der Waals surface area contributed by atoms with Crippen molar-refractivity contribution in [2.75, 3.05) is 11.1 Å². The zero-order valence-corrected chi connectivity index (χ0v) is 30.4. The maximum Gasteiger partial charge on any atom is 0.251 e. The Bertz CT molecular complexity index is 2060. The van der Waals surface area contributed by atoms with E-state index in [1.807, 2.05) is 80.6 Å². The second-order valence-electron chi connectivity index (χ2n) is 12.8. The lowest BCUT2D eigenvalue weighted by atomic mass is 9.91. The molecule has 3 N–H and O–H groups in total. The van der Waals surface area contributed by atoms with Crippen LogP contribution in [0.15, 0.2) is 137 Å². The van der Waals surface area contributed by atoms with Crippen molar-refractivity contribution in [1.29, 1.82) is 0 Å². The summed E-state index contributed by atoms with van der Waals surface area (Å²) in [5, 5.41) is 25.4. The second-order valence-corrected chi connectivity index (χ2v) is 15.5. The Hall–Kier alpha value is -4.56. The van der Waals surface area contributed by atoms with Crippen LogP contribution in [0.4, 0.5) is 5.69 Å². The normalized spacial score (nSPS) is 19.5. The van der Waals surface area contributed by atoms with Gasteiger partial charge in [0.25, 0.3) is 5.03 Å². The van der Waals surface area contributed by atoms with Gasteiger partial charge in [-0.15, -0.1) is 0 Å². The minimum atomic E-state index is -4.02. The lowest BCUT2D eigenvalue weighted by molar-refractivity contribution is -0.645. The van der Waals surface area contributed by atoms with Gasteiger partial charge < -0.3 is 25.1 Å². The third-order valence-electron chi connectivity index (χ3n) is 8.96. The molecule has 0 bridgehead atoms. The molecule has 0 aliphatic carbocycles. The van der Waals surface area contributed by atoms with E-state index in [9.17, 15) is 23.5 Å². The van der Waals surface area contributed by atoms with Crippen LogP contribution in [0.1, 0.15) is 47.1 Å². The highest BCUT2D eigenvalue weighted by Crippen LogP contribution is 2.43. The van der Waals surface area contributed by atoms with Crippen molar-refractivity contribution in [3.63, 3.8) is 0 Å². The van der Waals surface area contributed by atoms with Crippen LogP contribution in [0.2, 0.25) is 0 Å². The predicted molar refractivity (Wildman–Crippen MR) is 200 cm³/mol. The van der Waals surface area contributed by atoms with Gasteiger partial charge in [0, 0.05) is 35.1 Å². The number of aryl methyl sites for hydroxylation is 1. The minimum Gasteiger partial charge on any atom is -0.618 e. The van der Waals surface area contributed by atoms with Crippen molar-refractivity contribution in [3.8, 4) is 0 Å². The molecule has 5 atom stereocenters. The number of aliphatic hydroxyl groups excluding tert-OH is 1. The molecule has 270 valence electrons. The molecule has 2 heterocycles. The van der Waals surface area contributed by atoms with Crippen LogP contribution in [0.25, 0.3) is 0 Å². The van der Waals surface area contributed by atoms with Crippen molar-refractivity contribution < 1.29 is 32.5 Å².